The fourth-order valence-electron chi connectivity index (χ4n) is 2.72. The standard InChI is InChI=1S/C19H15BrN4/c1-2-18-23-19-14-11-15(14)22-17(20)9-6-8-16(19)24(18)13-7-4-3-5-10-21-12-13/h3-12H,2H2,1H3/b4-3+,5-3?,7-4?,8-6?,9-6?,10-5-,13-7?,13-12?,16-8?,17-9?,19-14?,21-10?,21-12?,22-15?,22-17?. The third-order valence-corrected chi connectivity index (χ3v) is 4.31. The molecule has 24 heavy (non-hydrogen) atoms. The maximum atomic E-state index is 4.87. The highest BCUT2D eigenvalue weighted by atomic mass is 79.9. The summed E-state index contributed by atoms with van der Waals surface area (Å²) in [7, 11) is 0. The molecule has 0 atom stereocenters. The predicted octanol–water partition coefficient (Wildman–Crippen LogP) is 4.86. The van der Waals surface area contributed by atoms with Crippen LogP contribution in [0.3, 0.4) is 0 Å². The predicted molar refractivity (Wildman–Crippen MR) is 102 cm³/mol. The molecule has 0 N–H and O–H groups in total. The molecule has 0 aromatic carbocycles. The van der Waals surface area contributed by atoms with E-state index in [1.807, 2.05) is 36.6 Å². The summed E-state index contributed by atoms with van der Waals surface area (Å²) in [5.41, 5.74) is 5.12. The molecular formula is C19H15BrN4. The average molecular weight is 379 g/mol. The van der Waals surface area contributed by atoms with Gasteiger partial charge in [0.05, 0.1) is 28.6 Å². The van der Waals surface area contributed by atoms with Gasteiger partial charge in [0.25, 0.3) is 0 Å². The van der Waals surface area contributed by atoms with E-state index in [9.17, 15) is 0 Å². The number of imidazole rings is 1. The number of rotatable bonds is 2. The van der Waals surface area contributed by atoms with Crippen molar-refractivity contribution in [3.63, 3.8) is 0 Å². The molecule has 1 aromatic heterocycles. The number of nitrogens with zero attached hydrogens (tertiary/aromatic N) is 4. The van der Waals surface area contributed by atoms with E-state index in [-0.39, 0.29) is 0 Å². The van der Waals surface area contributed by atoms with Crippen molar-refractivity contribution in [2.75, 3.05) is 0 Å². The van der Waals surface area contributed by atoms with Crippen molar-refractivity contribution in [1.29, 1.82) is 0 Å². The summed E-state index contributed by atoms with van der Waals surface area (Å²) in [4.78, 5) is 13.7. The van der Waals surface area contributed by atoms with E-state index >= 15 is 0 Å². The summed E-state index contributed by atoms with van der Waals surface area (Å²) >= 11 is 3.46. The number of aliphatic imine (C=N–C) groups is 1. The van der Waals surface area contributed by atoms with Crippen LogP contribution in [0, 0.1) is 0 Å². The Hall–Kier alpha value is -2.53. The smallest absolute Gasteiger partial charge is 0.114 e. The molecule has 0 saturated heterocycles. The Morgan fingerprint density at radius 3 is 2.92 bits per heavy atom. The average Bonchev–Trinajstić information content (AvgIpc) is 3.18. The zero-order valence-corrected chi connectivity index (χ0v) is 14.7. The quantitative estimate of drug-likeness (QED) is 0.639. The van der Waals surface area contributed by atoms with Crippen molar-refractivity contribution in [2.24, 2.45) is 4.99 Å². The highest BCUT2D eigenvalue weighted by Crippen LogP contribution is 2.36. The van der Waals surface area contributed by atoms with Gasteiger partial charge in [0.2, 0.25) is 0 Å². The lowest BCUT2D eigenvalue weighted by Gasteiger charge is -2.08. The van der Waals surface area contributed by atoms with Crippen LogP contribution in [0.2, 0.25) is 0 Å². The first-order valence-electron chi connectivity index (χ1n) is 7.81. The monoisotopic (exact) mass is 378 g/mol. The van der Waals surface area contributed by atoms with Gasteiger partial charge in [-0.3, -0.25) is 9.56 Å². The Labute approximate surface area is 148 Å². The molecule has 1 aromatic rings. The maximum absolute atomic E-state index is 4.87. The molecule has 0 amide bonds. The second-order valence-corrected chi connectivity index (χ2v) is 6.26. The minimum atomic E-state index is 0.812. The van der Waals surface area contributed by atoms with Gasteiger partial charge in [-0.05, 0) is 46.3 Å². The summed E-state index contributed by atoms with van der Waals surface area (Å²) in [6.07, 6.45) is 12.4. The molecule has 0 spiro atoms. The molecule has 0 bridgehead atoms. The molecule has 5 heteroatoms. The molecule has 1 aliphatic carbocycles. The summed E-state index contributed by atoms with van der Waals surface area (Å²) in [5, 5.41) is 0. The highest BCUT2D eigenvalue weighted by Gasteiger charge is 2.20. The minimum absolute atomic E-state index is 0.812. The number of allylic oxidation sites excluding steroid dienone is 5. The Kier molecular flexibility index (Phi) is 3.86. The summed E-state index contributed by atoms with van der Waals surface area (Å²) < 4.78 is 2.98. The molecule has 3 aliphatic rings. The van der Waals surface area contributed by atoms with Crippen molar-refractivity contribution >= 4 is 38.9 Å². The van der Waals surface area contributed by atoms with Crippen LogP contribution >= 0.6 is 15.9 Å². The van der Waals surface area contributed by atoms with Gasteiger partial charge in [-0.25, -0.2) is 9.97 Å². The lowest BCUT2D eigenvalue weighted by molar-refractivity contribution is 0.930. The molecule has 3 heterocycles. The van der Waals surface area contributed by atoms with Crippen LogP contribution in [-0.2, 0) is 6.42 Å². The van der Waals surface area contributed by atoms with Gasteiger partial charge in [0, 0.05) is 18.2 Å². The minimum Gasteiger partial charge on any atom is -0.295 e. The van der Waals surface area contributed by atoms with Gasteiger partial charge < -0.3 is 0 Å². The highest BCUT2D eigenvalue weighted by molar-refractivity contribution is 9.10. The number of fused-ring (bicyclic) bond motifs is 3. The van der Waals surface area contributed by atoms with Crippen molar-refractivity contribution in [2.45, 2.75) is 13.3 Å². The molecule has 0 fully saturated rings. The lowest BCUT2D eigenvalue weighted by atomic mass is 10.3. The summed E-state index contributed by atoms with van der Waals surface area (Å²) in [6, 6.07) is 8.07. The fraction of sp³-hybridized carbons (Fsp3) is 0.105. The number of aryl methyl sites for hydroxylation is 1. The number of halogens is 1. The Bertz CT molecular complexity index is 1010. The van der Waals surface area contributed by atoms with Crippen molar-refractivity contribution in [1.82, 2.24) is 14.5 Å². The van der Waals surface area contributed by atoms with Crippen molar-refractivity contribution < 1.29 is 0 Å². The third-order valence-electron chi connectivity index (χ3n) is 3.87. The fourth-order valence-corrected chi connectivity index (χ4v) is 3.07. The van der Waals surface area contributed by atoms with E-state index in [1.54, 1.807) is 6.20 Å². The first kappa shape index (κ1) is 15.0. The molecule has 4 nitrogen and oxygen atoms in total. The van der Waals surface area contributed by atoms with E-state index in [1.165, 1.54) is 0 Å². The van der Waals surface area contributed by atoms with Crippen LogP contribution in [0.1, 0.15) is 12.7 Å². The van der Waals surface area contributed by atoms with Crippen LogP contribution < -0.4 is 0 Å². The molecule has 0 unspecified atom stereocenters. The molecule has 0 saturated carbocycles. The van der Waals surface area contributed by atoms with Gasteiger partial charge in [0.1, 0.15) is 10.4 Å². The van der Waals surface area contributed by atoms with Crippen LogP contribution in [0.5, 0.6) is 0 Å². The zero-order chi connectivity index (χ0) is 16.5. The van der Waals surface area contributed by atoms with E-state index in [0.29, 0.717) is 0 Å². The van der Waals surface area contributed by atoms with Gasteiger partial charge in [-0.1, -0.05) is 25.1 Å². The Balaban J connectivity index is 2.02. The van der Waals surface area contributed by atoms with Gasteiger partial charge >= 0.3 is 0 Å². The third kappa shape index (κ3) is 2.71. The Morgan fingerprint density at radius 2 is 2.04 bits per heavy atom. The molecule has 4 rings (SSSR count). The SMILES string of the molecule is CCc1nc2c3cc-3nc(Br)cccc2n1C1=C/C=C/C=C\N=C1. The molecule has 118 valence electrons. The number of aromatic nitrogens is 3. The molecule has 0 radical (unpaired) electrons. The topological polar surface area (TPSA) is 43.1 Å². The van der Waals surface area contributed by atoms with Crippen LogP contribution in [0.4, 0.5) is 0 Å². The Morgan fingerprint density at radius 1 is 1.12 bits per heavy atom. The van der Waals surface area contributed by atoms with Crippen LogP contribution in [0.15, 0.2) is 64.4 Å². The second-order valence-electron chi connectivity index (χ2n) is 5.45. The van der Waals surface area contributed by atoms with Crippen molar-refractivity contribution in [3.05, 3.63) is 65.2 Å². The normalized spacial score (nSPS) is 16.8. The van der Waals surface area contributed by atoms with Crippen LogP contribution in [0.25, 0.3) is 28.0 Å². The molecular weight excluding hydrogens is 364 g/mol. The van der Waals surface area contributed by atoms with Gasteiger partial charge in [-0.2, -0.15) is 0 Å². The number of hydrogen-bond donors (Lipinski definition) is 0. The van der Waals surface area contributed by atoms with Crippen molar-refractivity contribution in [3.8, 4) is 11.3 Å². The largest absolute Gasteiger partial charge is 0.295 e. The zero-order valence-electron chi connectivity index (χ0n) is 13.1. The van der Waals surface area contributed by atoms with Gasteiger partial charge in [0.15, 0.2) is 0 Å². The van der Waals surface area contributed by atoms with E-state index in [0.717, 1.165) is 44.8 Å². The molecule has 2 aliphatic heterocycles. The maximum Gasteiger partial charge on any atom is 0.114 e. The first-order valence-corrected chi connectivity index (χ1v) is 8.61. The van der Waals surface area contributed by atoms with E-state index in [4.69, 9.17) is 4.98 Å². The van der Waals surface area contributed by atoms with Gasteiger partial charge in [-0.15, -0.1) is 0 Å². The summed E-state index contributed by atoms with van der Waals surface area (Å²) in [5.74, 6) is 1.01. The van der Waals surface area contributed by atoms with E-state index in [2.05, 4.69) is 55.6 Å². The lowest BCUT2D eigenvalue weighted by Crippen LogP contribution is -2.03. The van der Waals surface area contributed by atoms with E-state index < -0.39 is 0 Å². The second kappa shape index (κ2) is 6.17. The summed E-state index contributed by atoms with van der Waals surface area (Å²) in [6.45, 7) is 2.12. The van der Waals surface area contributed by atoms with Crippen LogP contribution in [-0.4, -0.2) is 20.7 Å². The first-order chi connectivity index (χ1) is 11.8. The number of hydrogen-bond acceptors (Lipinski definition) is 3.